The Kier molecular flexibility index (Phi) is 9.11. The maximum Gasteiger partial charge on any atom is 0.187 e. The van der Waals surface area contributed by atoms with E-state index in [1.165, 1.54) is 0 Å². The van der Waals surface area contributed by atoms with Crippen LogP contribution in [0.3, 0.4) is 0 Å². The summed E-state index contributed by atoms with van der Waals surface area (Å²) in [4.78, 5) is 28.8. The number of benzene rings is 8. The molecule has 3 heterocycles. The van der Waals surface area contributed by atoms with Crippen molar-refractivity contribution in [1.29, 1.82) is 0 Å². The first-order chi connectivity index (χ1) is 30.7. The molecule has 11 rings (SSSR count). The zero-order valence-electron chi connectivity index (χ0n) is 33.3. The highest BCUT2D eigenvalue weighted by Crippen LogP contribution is 2.41. The van der Waals surface area contributed by atoms with Gasteiger partial charge in [0.15, 0.2) is 23.2 Å². The van der Waals surface area contributed by atoms with Gasteiger partial charge in [-0.2, -0.15) is 0 Å². The normalized spacial score (nSPS) is 11.2. The first kappa shape index (κ1) is 36.4. The van der Waals surface area contributed by atoms with Crippen LogP contribution in [0.25, 0.3) is 116 Å². The number of pyridine rings is 2. The molecular formula is C56H34N6. The molecule has 0 unspecified atom stereocenters. The molecule has 0 atom stereocenters. The summed E-state index contributed by atoms with van der Waals surface area (Å²) in [7, 11) is 0. The third-order valence-electron chi connectivity index (χ3n) is 11.4. The van der Waals surface area contributed by atoms with Crippen molar-refractivity contribution in [1.82, 2.24) is 24.9 Å². The molecular weight excluding hydrogens is 757 g/mol. The predicted octanol–water partition coefficient (Wildman–Crippen LogP) is 14.3. The van der Waals surface area contributed by atoms with Gasteiger partial charge in [-0.1, -0.05) is 158 Å². The number of hydrogen-bond donors (Lipinski definition) is 0. The van der Waals surface area contributed by atoms with Crippen molar-refractivity contribution >= 4 is 38.3 Å². The zero-order valence-corrected chi connectivity index (χ0v) is 33.3. The quantitative estimate of drug-likeness (QED) is 0.119. The molecule has 0 N–H and O–H groups in total. The molecule has 11 aromatic rings. The van der Waals surface area contributed by atoms with E-state index in [1.807, 2.05) is 85.2 Å². The maximum atomic E-state index is 7.31. The van der Waals surface area contributed by atoms with Gasteiger partial charge < -0.3 is 0 Å². The minimum atomic E-state index is 0.588. The molecule has 288 valence electrons. The first-order valence-corrected chi connectivity index (χ1v) is 20.4. The lowest BCUT2D eigenvalue weighted by atomic mass is 9.90. The molecule has 0 bridgehead atoms. The second kappa shape index (κ2) is 15.5. The van der Waals surface area contributed by atoms with E-state index in [-0.39, 0.29) is 0 Å². The highest BCUT2D eigenvalue weighted by atomic mass is 15.0. The fraction of sp³-hybridized carbons (Fsp3) is 0. The fourth-order valence-electron chi connectivity index (χ4n) is 8.36. The van der Waals surface area contributed by atoms with Crippen LogP contribution in [0.4, 0.5) is 5.69 Å². The Hall–Kier alpha value is -8.66. The molecule has 6 heteroatoms. The van der Waals surface area contributed by atoms with Crippen molar-refractivity contribution in [3.63, 3.8) is 0 Å². The van der Waals surface area contributed by atoms with Crippen molar-refractivity contribution in [2.75, 3.05) is 0 Å². The van der Waals surface area contributed by atoms with Gasteiger partial charge in [-0.05, 0) is 80.6 Å². The van der Waals surface area contributed by atoms with Crippen molar-refractivity contribution < 1.29 is 0 Å². The first-order valence-electron chi connectivity index (χ1n) is 20.4. The largest absolute Gasteiger partial charge is 0.256 e. The van der Waals surface area contributed by atoms with E-state index in [0.29, 0.717) is 23.2 Å². The van der Waals surface area contributed by atoms with Gasteiger partial charge in [-0.25, -0.2) is 19.8 Å². The molecule has 0 fully saturated rings. The summed E-state index contributed by atoms with van der Waals surface area (Å²) in [5, 5.41) is 4.33. The summed E-state index contributed by atoms with van der Waals surface area (Å²) < 4.78 is 0. The van der Waals surface area contributed by atoms with Gasteiger partial charge in [0.2, 0.25) is 0 Å². The third-order valence-corrected chi connectivity index (χ3v) is 11.4. The van der Waals surface area contributed by atoms with E-state index in [1.54, 1.807) is 0 Å². The Bertz CT molecular complexity index is 3510. The number of fused-ring (bicyclic) bond motifs is 5. The highest BCUT2D eigenvalue weighted by Gasteiger charge is 2.18. The van der Waals surface area contributed by atoms with Crippen LogP contribution in [0.15, 0.2) is 207 Å². The lowest BCUT2D eigenvalue weighted by Gasteiger charge is -2.15. The molecule has 0 saturated carbocycles. The van der Waals surface area contributed by atoms with Crippen LogP contribution in [-0.4, -0.2) is 24.9 Å². The highest BCUT2D eigenvalue weighted by molar-refractivity contribution is 6.22. The summed E-state index contributed by atoms with van der Waals surface area (Å²) in [6, 6.07) is 66.4. The van der Waals surface area contributed by atoms with Crippen molar-refractivity contribution in [2.24, 2.45) is 0 Å². The van der Waals surface area contributed by atoms with E-state index in [9.17, 15) is 0 Å². The second-order valence-corrected chi connectivity index (χ2v) is 15.2. The van der Waals surface area contributed by atoms with Crippen molar-refractivity contribution in [3.05, 3.63) is 218 Å². The number of rotatable bonds is 7. The molecule has 62 heavy (non-hydrogen) atoms. The van der Waals surface area contributed by atoms with Crippen molar-refractivity contribution in [3.8, 4) is 78.7 Å². The molecule has 0 aliphatic heterocycles. The molecule has 0 saturated heterocycles. The van der Waals surface area contributed by atoms with Gasteiger partial charge in [-0.3, -0.25) is 9.97 Å². The van der Waals surface area contributed by atoms with E-state index in [4.69, 9.17) is 31.5 Å². The minimum absolute atomic E-state index is 0.588. The standard InChI is InChI=1S/C56H34N6/c1-57-45-28-26-38(27-29-45)37-22-24-39(25-23-37)48-34-50-47-21-11-31-59-53(47)49(35-51(50)46-20-10-30-58-52(46)48)42-17-9-19-44(33-42)56-61-54(40-14-6-3-7-15-40)60-55(62-56)43-18-8-16-41(32-43)36-12-4-2-5-13-36/h2-35H. The van der Waals surface area contributed by atoms with E-state index in [0.717, 1.165) is 93.8 Å². The predicted molar refractivity (Wildman–Crippen MR) is 252 cm³/mol. The molecule has 0 aliphatic carbocycles. The maximum absolute atomic E-state index is 7.31. The van der Waals surface area contributed by atoms with Crippen LogP contribution in [0.2, 0.25) is 0 Å². The molecule has 0 spiro atoms. The molecule has 6 nitrogen and oxygen atoms in total. The van der Waals surface area contributed by atoms with Gasteiger partial charge in [0, 0.05) is 51.0 Å². The summed E-state index contributed by atoms with van der Waals surface area (Å²) in [5.74, 6) is 1.80. The van der Waals surface area contributed by atoms with Crippen LogP contribution in [0.5, 0.6) is 0 Å². The average Bonchev–Trinajstić information content (AvgIpc) is 3.36. The second-order valence-electron chi connectivity index (χ2n) is 15.2. The Labute approximate surface area is 358 Å². The minimum Gasteiger partial charge on any atom is -0.256 e. The van der Waals surface area contributed by atoms with Crippen LogP contribution >= 0.6 is 0 Å². The fourth-order valence-corrected chi connectivity index (χ4v) is 8.36. The van der Waals surface area contributed by atoms with Gasteiger partial charge in [0.25, 0.3) is 0 Å². The Morgan fingerprint density at radius 1 is 0.306 bits per heavy atom. The Morgan fingerprint density at radius 3 is 1.29 bits per heavy atom. The van der Waals surface area contributed by atoms with Gasteiger partial charge in [0.1, 0.15) is 0 Å². The molecule has 0 amide bonds. The molecule has 0 aliphatic rings. The smallest absolute Gasteiger partial charge is 0.187 e. The molecule has 3 aromatic heterocycles. The zero-order chi connectivity index (χ0) is 41.4. The van der Waals surface area contributed by atoms with Crippen LogP contribution in [-0.2, 0) is 0 Å². The lowest BCUT2D eigenvalue weighted by molar-refractivity contribution is 1.07. The van der Waals surface area contributed by atoms with Gasteiger partial charge in [0.05, 0.1) is 17.6 Å². The van der Waals surface area contributed by atoms with Gasteiger partial charge >= 0.3 is 0 Å². The molecule has 8 aromatic carbocycles. The summed E-state index contributed by atoms with van der Waals surface area (Å²) in [6.07, 6.45) is 3.73. The number of aromatic nitrogens is 5. The summed E-state index contributed by atoms with van der Waals surface area (Å²) >= 11 is 0. The van der Waals surface area contributed by atoms with Crippen LogP contribution < -0.4 is 0 Å². The van der Waals surface area contributed by atoms with Crippen LogP contribution in [0, 0.1) is 6.57 Å². The SMILES string of the molecule is [C-]#[N+]c1ccc(-c2ccc(-c3cc4c5cccnc5c(-c5cccc(-c6nc(-c7ccccc7)nc(-c7cccc(-c8ccccc8)c7)n6)c5)cc4c4cccnc34)cc2)cc1. The lowest BCUT2D eigenvalue weighted by Crippen LogP contribution is -2.00. The summed E-state index contributed by atoms with van der Waals surface area (Å²) in [6.45, 7) is 7.31. The Morgan fingerprint density at radius 2 is 0.726 bits per heavy atom. The summed E-state index contributed by atoms with van der Waals surface area (Å²) in [5.41, 5.74) is 13.7. The number of nitrogens with zero attached hydrogens (tertiary/aromatic N) is 6. The van der Waals surface area contributed by atoms with E-state index >= 15 is 0 Å². The van der Waals surface area contributed by atoms with E-state index in [2.05, 4.69) is 126 Å². The monoisotopic (exact) mass is 790 g/mol. The topological polar surface area (TPSA) is 68.8 Å². The third kappa shape index (κ3) is 6.70. The van der Waals surface area contributed by atoms with Crippen molar-refractivity contribution in [2.45, 2.75) is 0 Å². The van der Waals surface area contributed by atoms with Crippen LogP contribution in [0.1, 0.15) is 0 Å². The van der Waals surface area contributed by atoms with Gasteiger partial charge in [-0.15, -0.1) is 0 Å². The average molecular weight is 791 g/mol. The van der Waals surface area contributed by atoms with E-state index < -0.39 is 0 Å². The number of hydrogen-bond acceptors (Lipinski definition) is 5. The Balaban J connectivity index is 1.04. The molecule has 0 radical (unpaired) electrons.